The fourth-order valence-corrected chi connectivity index (χ4v) is 11.3. The molecule has 4 aliphatic heterocycles. The number of allylic oxidation sites excluding steroid dienone is 5. The Morgan fingerprint density at radius 2 is 1.64 bits per heavy atom. The number of esters is 1. The van der Waals surface area contributed by atoms with Crippen LogP contribution in [0.25, 0.3) is 0 Å². The van der Waals surface area contributed by atoms with Crippen LogP contribution < -0.4 is 21.4 Å². The van der Waals surface area contributed by atoms with Gasteiger partial charge in [0.1, 0.15) is 35.7 Å². The van der Waals surface area contributed by atoms with E-state index in [2.05, 4.69) is 28.3 Å². The largest absolute Gasteiger partial charge is 0.456 e. The van der Waals surface area contributed by atoms with Gasteiger partial charge in [-0.05, 0) is 81.8 Å². The topological polar surface area (TPSA) is 253 Å². The number of cyclic esters (lactones) is 1. The van der Waals surface area contributed by atoms with Crippen LogP contribution in [0.1, 0.15) is 139 Å². The minimum absolute atomic E-state index is 0.0159. The first-order valence-electron chi connectivity index (χ1n) is 28.3. The second-order valence-corrected chi connectivity index (χ2v) is 23.0. The van der Waals surface area contributed by atoms with Gasteiger partial charge in [0.25, 0.3) is 5.91 Å². The van der Waals surface area contributed by atoms with E-state index in [0.717, 1.165) is 17.6 Å². The third kappa shape index (κ3) is 16.7. The molecule has 0 aromatic heterocycles. The summed E-state index contributed by atoms with van der Waals surface area (Å²) < 4.78 is 12.9. The summed E-state index contributed by atoms with van der Waals surface area (Å²) in [5.41, 5.74) is 3.57. The summed E-state index contributed by atoms with van der Waals surface area (Å²) in [6.45, 7) is 18.5. The van der Waals surface area contributed by atoms with Gasteiger partial charge >= 0.3 is 5.97 Å². The number of aliphatic hydroxyl groups excluding tert-OH is 4. The van der Waals surface area contributed by atoms with E-state index in [1.54, 1.807) is 39.0 Å². The molecule has 17 atom stereocenters. The number of fused-ring (bicyclic) bond motifs is 2. The maximum atomic E-state index is 14.5. The number of ether oxygens (including phenoxy) is 2. The van der Waals surface area contributed by atoms with E-state index in [-0.39, 0.29) is 73.5 Å². The molecule has 1 spiro atoms. The number of carbonyl (C=O) groups excluding carboxylic acids is 6. The van der Waals surface area contributed by atoms with E-state index in [0.29, 0.717) is 38.5 Å². The van der Waals surface area contributed by atoms with Crippen LogP contribution in [0.4, 0.5) is 0 Å². The van der Waals surface area contributed by atoms with Crippen LogP contribution in [-0.2, 0) is 44.7 Å². The zero-order valence-electron chi connectivity index (χ0n) is 47.2. The zero-order chi connectivity index (χ0) is 56.7. The van der Waals surface area contributed by atoms with Gasteiger partial charge in [-0.3, -0.25) is 29.0 Å². The lowest BCUT2D eigenvalue weighted by atomic mass is 9.69. The number of hydrogen-bond acceptors (Lipinski definition) is 13. The number of nitrogens with one attached hydrogen (secondary N) is 4. The van der Waals surface area contributed by atoms with Crippen LogP contribution in [0.3, 0.4) is 0 Å². The second-order valence-electron chi connectivity index (χ2n) is 23.0. The van der Waals surface area contributed by atoms with Crippen molar-refractivity contribution in [3.8, 4) is 0 Å². The van der Waals surface area contributed by atoms with E-state index >= 15 is 0 Å². The maximum absolute atomic E-state index is 14.5. The molecule has 2 bridgehead atoms. The van der Waals surface area contributed by atoms with Crippen molar-refractivity contribution in [1.29, 1.82) is 0 Å². The Bertz CT molecular complexity index is 2270. The first kappa shape index (κ1) is 62.8. The summed E-state index contributed by atoms with van der Waals surface area (Å²) in [6.07, 6.45) is 11.2. The Morgan fingerprint density at radius 1 is 0.922 bits per heavy atom. The quantitative estimate of drug-likeness (QED) is 0.0776. The highest BCUT2D eigenvalue weighted by molar-refractivity contribution is 5.93. The molecule has 1 aromatic rings. The summed E-state index contributed by atoms with van der Waals surface area (Å²) in [7, 11) is 0. The lowest BCUT2D eigenvalue weighted by Crippen LogP contribution is -2.71. The standard InChI is InChI=1S/C60H91N5O12/c1-11-44-32-38(6)60(63-55(44)71)42(10)53(69)41(9)51(77-60)34-49(68)36(4)22-15-12-16-23-37(5)50-28-20-14-19-27-48(67)40(8)54(70)45(30-29-39(7)66)56(72)62-52(35(2)3)57(73)61-47(33-43-24-17-13-18-25-43)58(74)65-31-21-26-46(64-65)59(75)76-50/h12-14,16-20,23-25,27,35-36,38,40-42,44-54,64,67-70H,11,15,21-22,26,28-34H2,1-10H3,(H,61,73)(H,62,72)(H,63,71)/t36-,38-,40-,41-,42-,44-,45+,46?,47-,48-,49-,50-,51-,52-,53-,54+,60+/m0/s1. The molecule has 4 amide bonds. The minimum Gasteiger partial charge on any atom is -0.456 e. The van der Waals surface area contributed by atoms with Crippen molar-refractivity contribution in [3.05, 3.63) is 84.0 Å². The number of benzene rings is 1. The summed E-state index contributed by atoms with van der Waals surface area (Å²) in [5, 5.41) is 55.9. The van der Waals surface area contributed by atoms with Gasteiger partial charge in [-0.1, -0.05) is 128 Å². The van der Waals surface area contributed by atoms with E-state index in [1.807, 2.05) is 83.2 Å². The van der Waals surface area contributed by atoms with Crippen LogP contribution >= 0.6 is 0 Å². The number of piperidine rings is 1. The van der Waals surface area contributed by atoms with Gasteiger partial charge in [-0.2, -0.15) is 0 Å². The number of Topliss-reactive ketones (excluding diaryl/α,β-unsaturated/α-hetero) is 1. The van der Waals surface area contributed by atoms with E-state index in [1.165, 1.54) is 18.0 Å². The number of aliphatic hydroxyl groups is 4. The predicted molar refractivity (Wildman–Crippen MR) is 294 cm³/mol. The number of hydrazine groups is 1. The second kappa shape index (κ2) is 29.3. The molecule has 5 rings (SSSR count). The Kier molecular flexibility index (Phi) is 23.9. The van der Waals surface area contributed by atoms with Crippen LogP contribution in [0.2, 0.25) is 0 Å². The fraction of sp³-hybridized carbons (Fsp3) is 0.667. The van der Waals surface area contributed by atoms with Crippen molar-refractivity contribution < 1.29 is 58.7 Å². The lowest BCUT2D eigenvalue weighted by Gasteiger charge is -2.56. The van der Waals surface area contributed by atoms with Crippen molar-refractivity contribution >= 4 is 35.4 Å². The molecule has 8 N–H and O–H groups in total. The van der Waals surface area contributed by atoms with E-state index < -0.39 is 102 Å². The van der Waals surface area contributed by atoms with E-state index in [9.17, 15) is 49.2 Å². The summed E-state index contributed by atoms with van der Waals surface area (Å²) in [5.74, 6) is -5.92. The van der Waals surface area contributed by atoms with Crippen LogP contribution in [-0.4, -0.2) is 128 Å². The average Bonchev–Trinajstić information content (AvgIpc) is 3.40. The number of carbonyl (C=O) groups is 6. The lowest BCUT2D eigenvalue weighted by molar-refractivity contribution is -0.267. The summed E-state index contributed by atoms with van der Waals surface area (Å²) in [4.78, 5) is 82.1. The van der Waals surface area contributed by atoms with Gasteiger partial charge in [0, 0.05) is 61.8 Å². The molecule has 77 heavy (non-hydrogen) atoms. The summed E-state index contributed by atoms with van der Waals surface area (Å²) in [6, 6.07) is 6.01. The maximum Gasteiger partial charge on any atom is 0.325 e. The smallest absolute Gasteiger partial charge is 0.325 e. The van der Waals surface area contributed by atoms with Crippen molar-refractivity contribution in [3.63, 3.8) is 0 Å². The Morgan fingerprint density at radius 3 is 2.31 bits per heavy atom. The number of hydrogen-bond donors (Lipinski definition) is 8. The first-order valence-corrected chi connectivity index (χ1v) is 28.3. The zero-order valence-corrected chi connectivity index (χ0v) is 47.2. The number of rotatable bonds is 15. The Balaban J connectivity index is 1.34. The Labute approximate surface area is 457 Å². The highest BCUT2D eigenvalue weighted by Crippen LogP contribution is 2.46. The van der Waals surface area contributed by atoms with Crippen molar-refractivity contribution in [2.24, 2.45) is 47.3 Å². The van der Waals surface area contributed by atoms with Crippen molar-refractivity contribution in [2.75, 3.05) is 6.54 Å². The molecule has 1 unspecified atom stereocenters. The fourth-order valence-electron chi connectivity index (χ4n) is 11.3. The monoisotopic (exact) mass is 1070 g/mol. The molecular weight excluding hydrogens is 983 g/mol. The molecule has 3 saturated heterocycles. The van der Waals surface area contributed by atoms with Crippen molar-refractivity contribution in [2.45, 2.75) is 200 Å². The highest BCUT2D eigenvalue weighted by atomic mass is 16.5. The van der Waals surface area contributed by atoms with Gasteiger partial charge in [0.2, 0.25) is 17.7 Å². The molecule has 4 heterocycles. The van der Waals surface area contributed by atoms with Crippen LogP contribution in [0.15, 0.2) is 78.4 Å². The van der Waals surface area contributed by atoms with Crippen LogP contribution in [0, 0.1) is 47.3 Å². The molecule has 3 fully saturated rings. The van der Waals surface area contributed by atoms with Gasteiger partial charge in [-0.25, -0.2) is 5.43 Å². The normalized spacial score (nSPS) is 34.4. The number of ketones is 1. The molecule has 4 aliphatic rings. The molecule has 0 saturated carbocycles. The SMILES string of the molecule is CC[C@H]1C[C@H](C)[C@@]2(NC1=O)O[C@@H](C[C@H](O)[C@@H](C)CCC=CC=C(C)[C@@H]1CC=CC=C[C@H](O)[C@H](C)[C@@H](O)[C@@H](CCC(C)=O)C(=O)N[C@@H](C(C)C)C(=O)N[C@@H](Cc3ccccc3)C(=O)N3CCCC(N3)C(=O)O1)[C@H](C)[C@H](O)[C@@H]2C. The van der Waals surface area contributed by atoms with Gasteiger partial charge < -0.3 is 50.6 Å². The first-order chi connectivity index (χ1) is 36.5. The predicted octanol–water partition coefficient (Wildman–Crippen LogP) is 5.70. The minimum atomic E-state index is -1.41. The third-order valence-corrected chi connectivity index (χ3v) is 16.8. The van der Waals surface area contributed by atoms with E-state index in [4.69, 9.17) is 9.47 Å². The third-order valence-electron chi connectivity index (χ3n) is 16.8. The molecular formula is C60H91N5O12. The number of amides is 4. The molecule has 0 aliphatic carbocycles. The van der Waals surface area contributed by atoms with Crippen LogP contribution in [0.5, 0.6) is 0 Å². The molecule has 1 aromatic carbocycles. The molecule has 428 valence electrons. The van der Waals surface area contributed by atoms with Gasteiger partial charge in [0.15, 0.2) is 0 Å². The molecule has 0 radical (unpaired) electrons. The number of nitrogens with zero attached hydrogens (tertiary/aromatic N) is 1. The average molecular weight is 1070 g/mol. The summed E-state index contributed by atoms with van der Waals surface area (Å²) >= 11 is 0. The Hall–Kier alpha value is -5.04. The van der Waals surface area contributed by atoms with Gasteiger partial charge in [-0.15, -0.1) is 0 Å². The molecule has 17 nitrogen and oxygen atoms in total. The van der Waals surface area contributed by atoms with Crippen molar-refractivity contribution in [1.82, 2.24) is 26.4 Å². The highest BCUT2D eigenvalue weighted by Gasteiger charge is 2.57. The van der Waals surface area contributed by atoms with Gasteiger partial charge in [0.05, 0.1) is 36.4 Å². The molecule has 17 heteroatoms.